The molecule has 0 aliphatic carbocycles. The summed E-state index contributed by atoms with van der Waals surface area (Å²) in [4.78, 5) is 0. The van der Waals surface area contributed by atoms with Gasteiger partial charge in [-0.1, -0.05) is 49.0 Å². The highest BCUT2D eigenvalue weighted by atomic mass is 35.5. The number of hydrogen-bond acceptors (Lipinski definition) is 1. The molecule has 0 heterocycles. The van der Waals surface area contributed by atoms with Gasteiger partial charge in [0.15, 0.2) is 0 Å². The van der Waals surface area contributed by atoms with Crippen molar-refractivity contribution >= 4 is 23.2 Å². The summed E-state index contributed by atoms with van der Waals surface area (Å²) in [5, 5.41) is 5.13. The quantitative estimate of drug-likeness (QED) is 0.402. The van der Waals surface area contributed by atoms with Crippen LogP contribution in [-0.4, -0.2) is 6.54 Å². The van der Waals surface area contributed by atoms with Crippen LogP contribution in [0.4, 0.5) is 0 Å². The summed E-state index contributed by atoms with van der Waals surface area (Å²) in [5.74, 6) is 0. The third-order valence-electron chi connectivity index (χ3n) is 3.38. The molecular weight excluding hydrogens is 289 g/mol. The Bertz CT molecular complexity index is 404. The van der Waals surface area contributed by atoms with Crippen molar-refractivity contribution in [2.45, 2.75) is 51.5 Å². The van der Waals surface area contributed by atoms with Gasteiger partial charge in [0, 0.05) is 16.1 Å². The minimum atomic E-state index is 0.296. The topological polar surface area (TPSA) is 12.0 Å². The lowest BCUT2D eigenvalue weighted by Crippen LogP contribution is -2.22. The molecule has 0 aromatic heterocycles. The molecule has 0 aliphatic rings. The molecule has 112 valence electrons. The van der Waals surface area contributed by atoms with E-state index in [-0.39, 0.29) is 0 Å². The van der Waals surface area contributed by atoms with Crippen LogP contribution in [0.5, 0.6) is 0 Å². The molecule has 0 spiro atoms. The highest BCUT2D eigenvalue weighted by Crippen LogP contribution is 2.29. The van der Waals surface area contributed by atoms with E-state index < -0.39 is 0 Å². The Hall–Kier alpha value is -0.500. The summed E-state index contributed by atoms with van der Waals surface area (Å²) in [7, 11) is 0. The van der Waals surface area contributed by atoms with Crippen LogP contribution in [0.25, 0.3) is 0 Å². The summed E-state index contributed by atoms with van der Waals surface area (Å²) in [6.07, 6.45) is 8.94. The van der Waals surface area contributed by atoms with Crippen LogP contribution in [0.3, 0.4) is 0 Å². The summed E-state index contributed by atoms with van der Waals surface area (Å²) in [6, 6.07) is 6.01. The molecule has 0 aliphatic heterocycles. The van der Waals surface area contributed by atoms with E-state index in [1.165, 1.54) is 19.3 Å². The molecule has 1 aromatic rings. The first kappa shape index (κ1) is 17.6. The van der Waals surface area contributed by atoms with Crippen LogP contribution >= 0.6 is 23.2 Å². The van der Waals surface area contributed by atoms with Gasteiger partial charge in [-0.05, 0) is 56.0 Å². The van der Waals surface area contributed by atoms with Crippen LogP contribution in [0, 0.1) is 0 Å². The zero-order valence-electron chi connectivity index (χ0n) is 12.3. The molecule has 20 heavy (non-hydrogen) atoms. The molecule has 1 nitrogen and oxygen atoms in total. The van der Waals surface area contributed by atoms with Gasteiger partial charge in [-0.2, -0.15) is 0 Å². The maximum atomic E-state index is 6.32. The number of unbranched alkanes of at least 4 members (excludes halogenated alkanes) is 3. The number of halogens is 2. The fourth-order valence-electron chi connectivity index (χ4n) is 2.28. The lowest BCUT2D eigenvalue weighted by molar-refractivity contribution is 0.472. The monoisotopic (exact) mass is 313 g/mol. The Morgan fingerprint density at radius 1 is 1.25 bits per heavy atom. The zero-order valence-corrected chi connectivity index (χ0v) is 13.8. The Kier molecular flexibility index (Phi) is 9.00. The highest BCUT2D eigenvalue weighted by Gasteiger charge is 2.14. The molecule has 3 heteroatoms. The van der Waals surface area contributed by atoms with E-state index >= 15 is 0 Å². The largest absolute Gasteiger partial charge is 0.310 e. The predicted molar refractivity (Wildman–Crippen MR) is 90.8 cm³/mol. The van der Waals surface area contributed by atoms with Crippen molar-refractivity contribution in [3.05, 3.63) is 46.5 Å². The van der Waals surface area contributed by atoms with E-state index in [9.17, 15) is 0 Å². The fraction of sp³-hybridized carbons (Fsp3) is 0.529. The molecule has 1 N–H and O–H groups in total. The van der Waals surface area contributed by atoms with Crippen LogP contribution in [0.2, 0.25) is 10.0 Å². The Morgan fingerprint density at radius 3 is 2.75 bits per heavy atom. The second kappa shape index (κ2) is 10.3. The first-order valence-corrected chi connectivity index (χ1v) is 8.23. The smallest absolute Gasteiger partial charge is 0.0454 e. The number of rotatable bonds is 10. The molecular formula is C17H25Cl2N. The van der Waals surface area contributed by atoms with Crippen molar-refractivity contribution in [2.75, 3.05) is 6.54 Å². The van der Waals surface area contributed by atoms with E-state index in [1.807, 2.05) is 24.3 Å². The second-order valence-electron chi connectivity index (χ2n) is 5.10. The standard InChI is InChI=1S/C17H25Cl2N/c1-3-5-6-7-8-9-17(20-12-4-2)15-13-14(18)10-11-16(15)19/h3,10-11,13,17,20H,1,4-9,12H2,2H3. The molecule has 0 fully saturated rings. The van der Waals surface area contributed by atoms with Gasteiger partial charge in [0.05, 0.1) is 0 Å². The number of allylic oxidation sites excluding steroid dienone is 1. The fourth-order valence-corrected chi connectivity index (χ4v) is 2.71. The van der Waals surface area contributed by atoms with Crippen molar-refractivity contribution < 1.29 is 0 Å². The van der Waals surface area contributed by atoms with E-state index in [4.69, 9.17) is 23.2 Å². The van der Waals surface area contributed by atoms with Gasteiger partial charge >= 0.3 is 0 Å². The van der Waals surface area contributed by atoms with Gasteiger partial charge in [-0.25, -0.2) is 0 Å². The minimum absolute atomic E-state index is 0.296. The minimum Gasteiger partial charge on any atom is -0.310 e. The van der Waals surface area contributed by atoms with Crippen LogP contribution < -0.4 is 5.32 Å². The SMILES string of the molecule is C=CCCCCCC(NCCC)c1cc(Cl)ccc1Cl. The average molecular weight is 314 g/mol. The number of benzene rings is 1. The molecule has 0 radical (unpaired) electrons. The van der Waals surface area contributed by atoms with E-state index in [0.717, 1.165) is 41.4 Å². The molecule has 1 unspecified atom stereocenters. The number of nitrogens with one attached hydrogen (secondary N) is 1. The zero-order chi connectivity index (χ0) is 14.8. The van der Waals surface area contributed by atoms with Crippen LogP contribution in [0.1, 0.15) is 57.1 Å². The summed E-state index contributed by atoms with van der Waals surface area (Å²) < 4.78 is 0. The van der Waals surface area contributed by atoms with Crippen molar-refractivity contribution in [2.24, 2.45) is 0 Å². The van der Waals surface area contributed by atoms with Gasteiger partial charge in [0.1, 0.15) is 0 Å². The van der Waals surface area contributed by atoms with Gasteiger partial charge in [0.2, 0.25) is 0 Å². The summed E-state index contributed by atoms with van der Waals surface area (Å²) in [6.45, 7) is 6.93. The Morgan fingerprint density at radius 2 is 2.05 bits per heavy atom. The lowest BCUT2D eigenvalue weighted by Gasteiger charge is -2.20. The summed E-state index contributed by atoms with van der Waals surface area (Å²) in [5.41, 5.74) is 1.12. The Balaban J connectivity index is 2.62. The van der Waals surface area contributed by atoms with Gasteiger partial charge in [0.25, 0.3) is 0 Å². The second-order valence-corrected chi connectivity index (χ2v) is 5.94. The van der Waals surface area contributed by atoms with Crippen molar-refractivity contribution in [1.82, 2.24) is 5.32 Å². The molecule has 0 amide bonds. The molecule has 1 atom stereocenters. The van der Waals surface area contributed by atoms with Crippen LogP contribution in [0.15, 0.2) is 30.9 Å². The predicted octanol–water partition coefficient (Wildman–Crippen LogP) is 6.17. The highest BCUT2D eigenvalue weighted by molar-refractivity contribution is 6.33. The Labute approximate surface area is 133 Å². The summed E-state index contributed by atoms with van der Waals surface area (Å²) >= 11 is 12.4. The molecule has 0 saturated heterocycles. The maximum Gasteiger partial charge on any atom is 0.0454 e. The average Bonchev–Trinajstić information content (AvgIpc) is 2.45. The third kappa shape index (κ3) is 6.30. The van der Waals surface area contributed by atoms with Crippen molar-refractivity contribution in [3.63, 3.8) is 0 Å². The molecule has 0 saturated carbocycles. The molecule has 1 aromatic carbocycles. The van der Waals surface area contributed by atoms with Gasteiger partial charge in [-0.3, -0.25) is 0 Å². The van der Waals surface area contributed by atoms with Crippen LogP contribution in [-0.2, 0) is 0 Å². The maximum absolute atomic E-state index is 6.32. The lowest BCUT2D eigenvalue weighted by atomic mass is 9.99. The number of hydrogen-bond donors (Lipinski definition) is 1. The molecule has 0 bridgehead atoms. The van der Waals surface area contributed by atoms with Crippen molar-refractivity contribution in [1.29, 1.82) is 0 Å². The normalized spacial score (nSPS) is 12.3. The first-order chi connectivity index (χ1) is 9.69. The van der Waals surface area contributed by atoms with Gasteiger partial charge < -0.3 is 5.32 Å². The van der Waals surface area contributed by atoms with Gasteiger partial charge in [-0.15, -0.1) is 6.58 Å². The van der Waals surface area contributed by atoms with Crippen molar-refractivity contribution in [3.8, 4) is 0 Å². The third-order valence-corrected chi connectivity index (χ3v) is 3.95. The van der Waals surface area contributed by atoms with E-state index in [0.29, 0.717) is 6.04 Å². The van der Waals surface area contributed by atoms with E-state index in [1.54, 1.807) is 0 Å². The first-order valence-electron chi connectivity index (χ1n) is 7.48. The van der Waals surface area contributed by atoms with E-state index in [2.05, 4.69) is 18.8 Å². The molecule has 1 rings (SSSR count).